The fourth-order valence-corrected chi connectivity index (χ4v) is 3.10. The van der Waals surface area contributed by atoms with Crippen LogP contribution in [0.3, 0.4) is 0 Å². The van der Waals surface area contributed by atoms with Crippen molar-refractivity contribution in [2.24, 2.45) is 0 Å². The molecule has 1 nitrogen and oxygen atoms in total. The molecule has 1 heteroatoms. The third kappa shape index (κ3) is 0.569. The number of hydrogen-bond acceptors (Lipinski definition) is 1. The number of pyridine rings is 1. The van der Waals surface area contributed by atoms with Crippen LogP contribution in [-0.4, -0.2) is 4.98 Å². The van der Waals surface area contributed by atoms with Crippen LogP contribution < -0.4 is 0 Å². The Morgan fingerprint density at radius 3 is 3.21 bits per heavy atom. The molecule has 1 fully saturated rings. The Hall–Kier alpha value is -1.37. The Kier molecular flexibility index (Phi) is 0.926. The van der Waals surface area contributed by atoms with Gasteiger partial charge in [-0.2, -0.15) is 0 Å². The number of nitrogens with zero attached hydrogens (tertiary/aromatic N) is 1. The van der Waals surface area contributed by atoms with Crippen LogP contribution in [0.4, 0.5) is 0 Å². The molecule has 1 saturated carbocycles. The van der Waals surface area contributed by atoms with Crippen molar-refractivity contribution in [3.63, 3.8) is 0 Å². The van der Waals surface area contributed by atoms with Crippen molar-refractivity contribution in [2.45, 2.75) is 24.7 Å². The van der Waals surface area contributed by atoms with Gasteiger partial charge < -0.3 is 0 Å². The second-order valence-corrected chi connectivity index (χ2v) is 4.81. The lowest BCUT2D eigenvalue weighted by Crippen LogP contribution is -1.98. The highest BCUT2D eigenvalue weighted by Gasteiger charge is 2.57. The lowest BCUT2D eigenvalue weighted by molar-refractivity contribution is 0.775. The first-order valence-electron chi connectivity index (χ1n) is 5.18. The second kappa shape index (κ2) is 1.85. The van der Waals surface area contributed by atoms with Gasteiger partial charge in [0.15, 0.2) is 0 Å². The Labute approximate surface area is 82.8 Å². The quantitative estimate of drug-likeness (QED) is 0.608. The molecule has 0 saturated heterocycles. The van der Waals surface area contributed by atoms with Crippen molar-refractivity contribution >= 4 is 10.8 Å². The van der Waals surface area contributed by atoms with E-state index in [9.17, 15) is 0 Å². The number of fused-ring (bicyclic) bond motifs is 3. The van der Waals surface area contributed by atoms with Gasteiger partial charge in [0.05, 0.1) is 0 Å². The third-order valence-electron chi connectivity index (χ3n) is 4.04. The molecule has 1 heterocycles. The van der Waals surface area contributed by atoms with Gasteiger partial charge in [0.25, 0.3) is 0 Å². The summed E-state index contributed by atoms with van der Waals surface area (Å²) >= 11 is 0. The van der Waals surface area contributed by atoms with E-state index in [-0.39, 0.29) is 0 Å². The lowest BCUT2D eigenvalue weighted by Gasteiger charge is -2.07. The van der Waals surface area contributed by atoms with Gasteiger partial charge in [0, 0.05) is 23.2 Å². The Balaban J connectivity index is 2.27. The van der Waals surface area contributed by atoms with Gasteiger partial charge in [-0.15, -0.1) is 0 Å². The van der Waals surface area contributed by atoms with Crippen molar-refractivity contribution in [3.8, 4) is 0 Å². The first-order valence-corrected chi connectivity index (χ1v) is 5.18. The maximum Gasteiger partial charge on any atom is 0.0346 e. The first-order chi connectivity index (χ1) is 6.81. The molecule has 0 bridgehead atoms. The Bertz CT molecular complexity index is 553. The zero-order valence-corrected chi connectivity index (χ0v) is 8.12. The molecule has 0 radical (unpaired) electrons. The molecule has 1 aromatic heterocycles. The van der Waals surface area contributed by atoms with Gasteiger partial charge in [-0.3, -0.25) is 4.98 Å². The zero-order valence-electron chi connectivity index (χ0n) is 8.12. The van der Waals surface area contributed by atoms with Crippen LogP contribution in [0.25, 0.3) is 10.8 Å². The molecule has 14 heavy (non-hydrogen) atoms. The molecule has 0 spiro atoms. The molecule has 4 rings (SSSR count). The van der Waals surface area contributed by atoms with Crippen molar-refractivity contribution in [2.75, 3.05) is 0 Å². The Morgan fingerprint density at radius 1 is 1.36 bits per heavy atom. The predicted molar refractivity (Wildman–Crippen MR) is 56.5 cm³/mol. The predicted octanol–water partition coefficient (Wildman–Crippen LogP) is 2.99. The summed E-state index contributed by atoms with van der Waals surface area (Å²) in [5.74, 6) is 0.783. The minimum atomic E-state index is 0.427. The van der Waals surface area contributed by atoms with E-state index in [1.807, 2.05) is 6.20 Å². The fourth-order valence-electron chi connectivity index (χ4n) is 3.10. The topological polar surface area (TPSA) is 12.9 Å². The van der Waals surface area contributed by atoms with E-state index in [4.69, 9.17) is 0 Å². The summed E-state index contributed by atoms with van der Waals surface area (Å²) in [5, 5.41) is 2.80. The first kappa shape index (κ1) is 6.99. The van der Waals surface area contributed by atoms with Crippen LogP contribution in [0.5, 0.6) is 0 Å². The van der Waals surface area contributed by atoms with Crippen molar-refractivity contribution in [3.05, 3.63) is 41.7 Å². The van der Waals surface area contributed by atoms with Crippen molar-refractivity contribution < 1.29 is 0 Å². The monoisotopic (exact) mass is 181 g/mol. The molecule has 68 valence electrons. The smallest absolute Gasteiger partial charge is 0.0346 e. The standard InChI is InChI=1S/C13H11N/c1-13-5-10(13)9-4-2-3-8-6-14-7-11(13)12(8)9/h2-4,6-7,10H,5H2,1H3. The normalized spacial score (nSPS) is 31.9. The summed E-state index contributed by atoms with van der Waals surface area (Å²) in [5.41, 5.74) is 3.47. The number of hydrogen-bond donors (Lipinski definition) is 0. The summed E-state index contributed by atoms with van der Waals surface area (Å²) in [7, 11) is 0. The van der Waals surface area contributed by atoms with Crippen LogP contribution in [0, 0.1) is 0 Å². The van der Waals surface area contributed by atoms with Crippen LogP contribution >= 0.6 is 0 Å². The largest absolute Gasteiger partial charge is 0.264 e. The maximum absolute atomic E-state index is 4.34. The molecule has 0 N–H and O–H groups in total. The van der Waals surface area contributed by atoms with Gasteiger partial charge in [0.1, 0.15) is 0 Å². The van der Waals surface area contributed by atoms with E-state index in [1.54, 1.807) is 5.56 Å². The second-order valence-electron chi connectivity index (χ2n) is 4.81. The molecular formula is C13H11N. The van der Waals surface area contributed by atoms with Crippen LogP contribution in [0.1, 0.15) is 30.4 Å². The number of benzene rings is 1. The zero-order chi connectivity index (χ0) is 9.34. The summed E-state index contributed by atoms with van der Waals surface area (Å²) < 4.78 is 0. The molecule has 2 aliphatic carbocycles. The SMILES string of the molecule is CC12CC1c1cccc3cncc2c13. The van der Waals surface area contributed by atoms with Crippen molar-refractivity contribution in [1.29, 1.82) is 0 Å². The highest BCUT2D eigenvalue weighted by molar-refractivity contribution is 5.94. The molecule has 2 aliphatic rings. The Morgan fingerprint density at radius 2 is 2.29 bits per heavy atom. The van der Waals surface area contributed by atoms with Gasteiger partial charge in [-0.25, -0.2) is 0 Å². The summed E-state index contributed by atoms with van der Waals surface area (Å²) in [6.45, 7) is 2.37. The van der Waals surface area contributed by atoms with E-state index in [1.165, 1.54) is 22.8 Å². The van der Waals surface area contributed by atoms with E-state index in [0.717, 1.165) is 5.92 Å². The summed E-state index contributed by atoms with van der Waals surface area (Å²) in [6, 6.07) is 6.62. The minimum Gasteiger partial charge on any atom is -0.264 e. The minimum absolute atomic E-state index is 0.427. The molecule has 0 aliphatic heterocycles. The van der Waals surface area contributed by atoms with Gasteiger partial charge in [-0.1, -0.05) is 25.1 Å². The third-order valence-corrected chi connectivity index (χ3v) is 4.04. The molecule has 2 aromatic rings. The average molecular weight is 181 g/mol. The maximum atomic E-state index is 4.34. The van der Waals surface area contributed by atoms with Crippen LogP contribution in [0.2, 0.25) is 0 Å². The number of aromatic nitrogens is 1. The highest BCUT2D eigenvalue weighted by atomic mass is 14.7. The van der Waals surface area contributed by atoms with Gasteiger partial charge in [-0.05, 0) is 28.9 Å². The van der Waals surface area contributed by atoms with E-state index < -0.39 is 0 Å². The van der Waals surface area contributed by atoms with Gasteiger partial charge in [0.2, 0.25) is 0 Å². The van der Waals surface area contributed by atoms with E-state index in [0.29, 0.717) is 5.41 Å². The summed E-state index contributed by atoms with van der Waals surface area (Å²) in [6.07, 6.45) is 5.38. The molecule has 0 amide bonds. The summed E-state index contributed by atoms with van der Waals surface area (Å²) in [4.78, 5) is 4.34. The molecule has 1 aromatic carbocycles. The molecule has 2 unspecified atom stereocenters. The molecule has 2 atom stereocenters. The van der Waals surface area contributed by atoms with Crippen LogP contribution in [0.15, 0.2) is 30.6 Å². The fraction of sp³-hybridized carbons (Fsp3) is 0.308. The van der Waals surface area contributed by atoms with Crippen molar-refractivity contribution in [1.82, 2.24) is 4.98 Å². The molecular weight excluding hydrogens is 170 g/mol. The van der Waals surface area contributed by atoms with Gasteiger partial charge >= 0.3 is 0 Å². The lowest BCUT2D eigenvalue weighted by atomic mass is 9.99. The number of rotatable bonds is 0. The average Bonchev–Trinajstić information content (AvgIpc) is 2.84. The van der Waals surface area contributed by atoms with E-state index in [2.05, 4.69) is 36.3 Å². The van der Waals surface area contributed by atoms with E-state index >= 15 is 0 Å². The van der Waals surface area contributed by atoms with Crippen LogP contribution in [-0.2, 0) is 5.41 Å². The highest BCUT2D eigenvalue weighted by Crippen LogP contribution is 2.67.